The van der Waals surface area contributed by atoms with Gasteiger partial charge in [0.15, 0.2) is 5.65 Å². The Morgan fingerprint density at radius 2 is 2.28 bits per heavy atom. The number of carboxylic acid groups (broad SMARTS) is 1. The van der Waals surface area contributed by atoms with Gasteiger partial charge in [0, 0.05) is 13.2 Å². The highest BCUT2D eigenvalue weighted by atomic mass is 16.5. The maximum absolute atomic E-state index is 11.2. The van der Waals surface area contributed by atoms with Crippen molar-refractivity contribution in [3.8, 4) is 5.75 Å². The number of hydrogen-bond donors (Lipinski definition) is 1. The summed E-state index contributed by atoms with van der Waals surface area (Å²) in [5.41, 5.74) is 0.693. The van der Waals surface area contributed by atoms with Gasteiger partial charge in [-0.15, -0.1) is 0 Å². The lowest BCUT2D eigenvalue weighted by atomic mass is 10.2. The number of ether oxygens (including phenoxy) is 1. The van der Waals surface area contributed by atoms with Crippen LogP contribution in [0.4, 0.5) is 0 Å². The van der Waals surface area contributed by atoms with Crippen LogP contribution in [0.3, 0.4) is 0 Å². The number of carbonyl (C=O) groups is 1. The molecule has 0 spiro atoms. The minimum atomic E-state index is -1.04. The number of aromatic nitrogens is 3. The van der Waals surface area contributed by atoms with E-state index in [9.17, 15) is 4.79 Å². The van der Waals surface area contributed by atoms with E-state index in [-0.39, 0.29) is 5.56 Å². The van der Waals surface area contributed by atoms with Crippen molar-refractivity contribution in [1.82, 2.24) is 14.8 Å². The van der Waals surface area contributed by atoms with Crippen LogP contribution in [0, 0.1) is 0 Å². The molecule has 0 fully saturated rings. The molecule has 0 aromatic carbocycles. The molecule has 0 amide bonds. The first kappa shape index (κ1) is 12.3. The second kappa shape index (κ2) is 5.03. The summed E-state index contributed by atoms with van der Waals surface area (Å²) in [6, 6.07) is 0. The van der Waals surface area contributed by atoms with Gasteiger partial charge in [-0.05, 0) is 6.42 Å². The molecule has 6 nitrogen and oxygen atoms in total. The van der Waals surface area contributed by atoms with E-state index >= 15 is 0 Å². The van der Waals surface area contributed by atoms with Gasteiger partial charge in [-0.3, -0.25) is 4.68 Å². The lowest BCUT2D eigenvalue weighted by Crippen LogP contribution is -2.06. The molecule has 1 N–H and O–H groups in total. The molecule has 0 saturated carbocycles. The molecule has 0 atom stereocenters. The Kier molecular flexibility index (Phi) is 3.45. The molecule has 96 valence electrons. The molecule has 0 aliphatic carbocycles. The first-order valence-electron chi connectivity index (χ1n) is 5.82. The second-order valence-electron chi connectivity index (χ2n) is 4.01. The van der Waals surface area contributed by atoms with E-state index < -0.39 is 5.97 Å². The molecule has 2 rings (SSSR count). The highest BCUT2D eigenvalue weighted by Gasteiger charge is 2.18. The zero-order valence-corrected chi connectivity index (χ0v) is 10.4. The number of fused-ring (bicyclic) bond motifs is 1. The van der Waals surface area contributed by atoms with Crippen LogP contribution < -0.4 is 4.74 Å². The van der Waals surface area contributed by atoms with Crippen LogP contribution in [0.25, 0.3) is 11.0 Å². The highest BCUT2D eigenvalue weighted by Crippen LogP contribution is 2.28. The summed E-state index contributed by atoms with van der Waals surface area (Å²) in [7, 11) is 1.76. The lowest BCUT2D eigenvalue weighted by molar-refractivity contribution is 0.0692. The molecule has 0 aliphatic rings. The number of unbranched alkanes of at least 4 members (excludes halogenated alkanes) is 1. The van der Waals surface area contributed by atoms with Crippen molar-refractivity contribution in [3.05, 3.63) is 18.0 Å². The molecule has 2 aromatic heterocycles. The summed E-state index contributed by atoms with van der Waals surface area (Å²) in [5, 5.41) is 13.8. The summed E-state index contributed by atoms with van der Waals surface area (Å²) in [6.07, 6.45) is 4.76. The average Bonchev–Trinajstić information content (AvgIpc) is 2.72. The van der Waals surface area contributed by atoms with Crippen molar-refractivity contribution in [2.75, 3.05) is 6.61 Å². The topological polar surface area (TPSA) is 77.2 Å². The molecule has 2 aromatic rings. The van der Waals surface area contributed by atoms with Crippen molar-refractivity contribution >= 4 is 17.0 Å². The maximum Gasteiger partial charge on any atom is 0.341 e. The quantitative estimate of drug-likeness (QED) is 0.818. The molecule has 0 unspecified atom stereocenters. The van der Waals surface area contributed by atoms with Crippen molar-refractivity contribution in [2.45, 2.75) is 19.8 Å². The fourth-order valence-corrected chi connectivity index (χ4v) is 1.70. The fraction of sp³-hybridized carbons (Fsp3) is 0.417. The van der Waals surface area contributed by atoms with Gasteiger partial charge in [0.05, 0.1) is 18.2 Å². The van der Waals surface area contributed by atoms with Gasteiger partial charge in [-0.1, -0.05) is 13.3 Å². The van der Waals surface area contributed by atoms with E-state index in [4.69, 9.17) is 9.84 Å². The smallest absolute Gasteiger partial charge is 0.341 e. The summed E-state index contributed by atoms with van der Waals surface area (Å²) in [5.74, 6) is -0.686. The first-order valence-corrected chi connectivity index (χ1v) is 5.82. The molecular weight excluding hydrogens is 234 g/mol. The van der Waals surface area contributed by atoms with Gasteiger partial charge in [0.1, 0.15) is 11.3 Å². The maximum atomic E-state index is 11.2. The minimum Gasteiger partial charge on any atom is -0.492 e. The van der Waals surface area contributed by atoms with Gasteiger partial charge in [0.2, 0.25) is 0 Å². The summed E-state index contributed by atoms with van der Waals surface area (Å²) < 4.78 is 7.18. The number of nitrogens with zero attached hydrogens (tertiary/aromatic N) is 3. The first-order chi connectivity index (χ1) is 8.65. The van der Waals surface area contributed by atoms with Crippen LogP contribution >= 0.6 is 0 Å². The Morgan fingerprint density at radius 1 is 1.50 bits per heavy atom. The van der Waals surface area contributed by atoms with Crippen molar-refractivity contribution in [2.24, 2.45) is 7.05 Å². The lowest BCUT2D eigenvalue weighted by Gasteiger charge is -2.09. The predicted octanol–water partition coefficient (Wildman–Crippen LogP) is 1.85. The van der Waals surface area contributed by atoms with Gasteiger partial charge in [-0.25, -0.2) is 9.78 Å². The van der Waals surface area contributed by atoms with E-state index in [1.54, 1.807) is 17.9 Å². The van der Waals surface area contributed by atoms with Crippen molar-refractivity contribution in [3.63, 3.8) is 0 Å². The molecule has 0 bridgehead atoms. The van der Waals surface area contributed by atoms with Gasteiger partial charge < -0.3 is 9.84 Å². The van der Waals surface area contributed by atoms with Crippen LogP contribution in [0.5, 0.6) is 5.75 Å². The summed E-state index contributed by atoms with van der Waals surface area (Å²) in [4.78, 5) is 15.2. The van der Waals surface area contributed by atoms with E-state index in [0.29, 0.717) is 23.4 Å². The third-order valence-electron chi connectivity index (χ3n) is 2.69. The van der Waals surface area contributed by atoms with E-state index in [1.807, 2.05) is 6.92 Å². The van der Waals surface area contributed by atoms with Crippen molar-refractivity contribution < 1.29 is 14.6 Å². The monoisotopic (exact) mass is 249 g/mol. The van der Waals surface area contributed by atoms with Gasteiger partial charge >= 0.3 is 5.97 Å². The molecule has 0 saturated heterocycles. The predicted molar refractivity (Wildman–Crippen MR) is 65.9 cm³/mol. The largest absolute Gasteiger partial charge is 0.492 e. The second-order valence-corrected chi connectivity index (χ2v) is 4.01. The Morgan fingerprint density at radius 3 is 2.94 bits per heavy atom. The standard InChI is InChI=1S/C12H15N3O3/c1-3-4-5-18-10-8-7-14-15(2)11(8)13-6-9(10)12(16)17/h6-7H,3-5H2,1-2H3,(H,16,17). The van der Waals surface area contributed by atoms with E-state index in [0.717, 1.165) is 12.8 Å². The average molecular weight is 249 g/mol. The third-order valence-corrected chi connectivity index (χ3v) is 2.69. The SMILES string of the molecule is CCCCOc1c(C(=O)O)cnc2c1cnn2C. The number of carboxylic acids is 1. The number of aryl methyl sites for hydroxylation is 1. The molecule has 6 heteroatoms. The van der Waals surface area contributed by atoms with Crippen LogP contribution in [-0.2, 0) is 7.05 Å². The van der Waals surface area contributed by atoms with Crippen LogP contribution in [0.2, 0.25) is 0 Å². The normalized spacial score (nSPS) is 10.8. The van der Waals surface area contributed by atoms with Gasteiger partial charge in [0.25, 0.3) is 0 Å². The molecule has 0 aliphatic heterocycles. The number of pyridine rings is 1. The Hall–Kier alpha value is -2.11. The Labute approximate surface area is 104 Å². The molecule has 18 heavy (non-hydrogen) atoms. The van der Waals surface area contributed by atoms with Crippen LogP contribution in [-0.4, -0.2) is 32.4 Å². The Balaban J connectivity index is 2.48. The molecular formula is C12H15N3O3. The highest BCUT2D eigenvalue weighted by molar-refractivity contribution is 5.97. The number of hydrogen-bond acceptors (Lipinski definition) is 4. The van der Waals surface area contributed by atoms with Gasteiger partial charge in [-0.2, -0.15) is 5.10 Å². The van der Waals surface area contributed by atoms with Crippen LogP contribution in [0.15, 0.2) is 12.4 Å². The van der Waals surface area contributed by atoms with Crippen LogP contribution in [0.1, 0.15) is 30.1 Å². The van der Waals surface area contributed by atoms with E-state index in [1.165, 1.54) is 6.20 Å². The van der Waals surface area contributed by atoms with E-state index in [2.05, 4.69) is 10.1 Å². The third kappa shape index (κ3) is 2.13. The molecule has 0 radical (unpaired) electrons. The fourth-order valence-electron chi connectivity index (χ4n) is 1.70. The summed E-state index contributed by atoms with van der Waals surface area (Å²) in [6.45, 7) is 2.54. The minimum absolute atomic E-state index is 0.0756. The zero-order valence-electron chi connectivity index (χ0n) is 10.4. The zero-order chi connectivity index (χ0) is 13.1. The summed E-state index contributed by atoms with van der Waals surface area (Å²) >= 11 is 0. The number of rotatable bonds is 5. The number of aromatic carboxylic acids is 1. The Bertz CT molecular complexity index is 577. The molecule has 2 heterocycles. The van der Waals surface area contributed by atoms with Crippen molar-refractivity contribution in [1.29, 1.82) is 0 Å².